The van der Waals surface area contributed by atoms with Crippen LogP contribution in [0.1, 0.15) is 24.5 Å². The maximum Gasteiger partial charge on any atom is 0.224 e. The molecule has 1 rings (SSSR count). The van der Waals surface area contributed by atoms with E-state index in [0.29, 0.717) is 11.4 Å². The van der Waals surface area contributed by atoms with Crippen LogP contribution in [0.3, 0.4) is 0 Å². The fraction of sp³-hybridized carbons (Fsp3) is 0.333. The Balaban J connectivity index is 2.55. The molecule has 0 heterocycles. The molecule has 0 aliphatic carbocycles. The molecular formula is C12H16N2OS. The van der Waals surface area contributed by atoms with Crippen LogP contribution < -0.4 is 11.1 Å². The Bertz CT molecular complexity index is 373. The van der Waals surface area contributed by atoms with E-state index in [1.54, 1.807) is 0 Å². The van der Waals surface area contributed by atoms with Crippen LogP contribution in [0, 0.1) is 0 Å². The van der Waals surface area contributed by atoms with Crippen LogP contribution in [-0.4, -0.2) is 17.4 Å². The minimum atomic E-state index is 0.0462. The highest BCUT2D eigenvalue weighted by molar-refractivity contribution is 7.80. The molecule has 0 aromatic heterocycles. The van der Waals surface area contributed by atoms with Gasteiger partial charge in [-0.15, -0.1) is 0 Å². The Morgan fingerprint density at radius 1 is 1.38 bits per heavy atom. The molecule has 0 atom stereocenters. The van der Waals surface area contributed by atoms with Crippen molar-refractivity contribution >= 4 is 23.1 Å². The Kier molecular flexibility index (Phi) is 4.92. The Hall–Kier alpha value is -1.42. The first-order chi connectivity index (χ1) is 7.63. The van der Waals surface area contributed by atoms with Crippen LogP contribution in [0.5, 0.6) is 0 Å². The van der Waals surface area contributed by atoms with Crippen LogP contribution in [0.15, 0.2) is 24.3 Å². The lowest BCUT2D eigenvalue weighted by molar-refractivity contribution is -0.120. The van der Waals surface area contributed by atoms with E-state index in [1.165, 1.54) is 0 Å². The predicted molar refractivity (Wildman–Crippen MR) is 69.3 cm³/mol. The molecule has 86 valence electrons. The zero-order chi connectivity index (χ0) is 12.0. The molecule has 0 aliphatic heterocycles. The highest BCUT2D eigenvalue weighted by Gasteiger charge is 2.02. The first-order valence-electron chi connectivity index (χ1n) is 5.29. The molecular weight excluding hydrogens is 220 g/mol. The third-order valence-corrected chi connectivity index (χ3v) is 2.41. The van der Waals surface area contributed by atoms with Gasteiger partial charge in [-0.3, -0.25) is 4.79 Å². The molecule has 1 aromatic carbocycles. The molecule has 0 fully saturated rings. The summed E-state index contributed by atoms with van der Waals surface area (Å²) in [5.41, 5.74) is 7.28. The summed E-state index contributed by atoms with van der Waals surface area (Å²) in [6.45, 7) is 2.75. The van der Waals surface area contributed by atoms with E-state index in [4.69, 9.17) is 18.0 Å². The molecule has 3 N–H and O–H groups in total. The van der Waals surface area contributed by atoms with Gasteiger partial charge in [0.1, 0.15) is 4.99 Å². The minimum absolute atomic E-state index is 0.0462. The van der Waals surface area contributed by atoms with Gasteiger partial charge < -0.3 is 11.1 Å². The van der Waals surface area contributed by atoms with Gasteiger partial charge in [-0.25, -0.2) is 0 Å². The fourth-order valence-corrected chi connectivity index (χ4v) is 1.44. The van der Waals surface area contributed by atoms with E-state index in [0.717, 1.165) is 24.1 Å². The number of benzene rings is 1. The van der Waals surface area contributed by atoms with Crippen LogP contribution in [0.2, 0.25) is 0 Å². The van der Waals surface area contributed by atoms with Crippen molar-refractivity contribution in [2.75, 3.05) is 6.54 Å². The summed E-state index contributed by atoms with van der Waals surface area (Å²) in [4.78, 5) is 11.8. The minimum Gasteiger partial charge on any atom is -0.389 e. The van der Waals surface area contributed by atoms with Crippen molar-refractivity contribution in [1.82, 2.24) is 5.32 Å². The fourth-order valence-electron chi connectivity index (χ4n) is 1.30. The first kappa shape index (κ1) is 12.6. The third kappa shape index (κ3) is 3.98. The molecule has 16 heavy (non-hydrogen) atoms. The average molecular weight is 236 g/mol. The lowest BCUT2D eigenvalue weighted by atomic mass is 10.1. The average Bonchev–Trinajstić information content (AvgIpc) is 2.27. The number of nitrogens with one attached hydrogen (secondary N) is 1. The number of amides is 1. The van der Waals surface area contributed by atoms with Crippen LogP contribution in [0.25, 0.3) is 0 Å². The Labute approximate surface area is 101 Å². The quantitative estimate of drug-likeness (QED) is 0.760. The Morgan fingerprint density at radius 2 is 2.00 bits per heavy atom. The zero-order valence-electron chi connectivity index (χ0n) is 9.32. The number of nitrogens with two attached hydrogens (primary N) is 1. The van der Waals surface area contributed by atoms with Crippen molar-refractivity contribution in [1.29, 1.82) is 0 Å². The number of carbonyl (C=O) groups is 1. The van der Waals surface area contributed by atoms with Gasteiger partial charge in [0.05, 0.1) is 6.42 Å². The van der Waals surface area contributed by atoms with E-state index < -0.39 is 0 Å². The summed E-state index contributed by atoms with van der Waals surface area (Å²) in [7, 11) is 0. The number of rotatable bonds is 5. The van der Waals surface area contributed by atoms with E-state index in [-0.39, 0.29) is 5.91 Å². The predicted octanol–water partition coefficient (Wildman–Crippen LogP) is 1.39. The summed E-state index contributed by atoms with van der Waals surface area (Å²) in [6, 6.07) is 7.43. The van der Waals surface area contributed by atoms with Crippen molar-refractivity contribution in [2.45, 2.75) is 19.8 Å². The smallest absolute Gasteiger partial charge is 0.224 e. The van der Waals surface area contributed by atoms with E-state index in [1.807, 2.05) is 31.2 Å². The van der Waals surface area contributed by atoms with E-state index in [9.17, 15) is 4.79 Å². The van der Waals surface area contributed by atoms with Gasteiger partial charge in [0.2, 0.25) is 5.91 Å². The molecule has 4 heteroatoms. The van der Waals surface area contributed by atoms with E-state index in [2.05, 4.69) is 5.32 Å². The monoisotopic (exact) mass is 236 g/mol. The second-order valence-electron chi connectivity index (χ2n) is 3.59. The summed E-state index contributed by atoms with van der Waals surface area (Å²) in [6.07, 6.45) is 1.35. The zero-order valence-corrected chi connectivity index (χ0v) is 10.1. The van der Waals surface area contributed by atoms with Crippen molar-refractivity contribution in [3.63, 3.8) is 0 Å². The maximum absolute atomic E-state index is 11.4. The molecule has 0 radical (unpaired) electrons. The third-order valence-electron chi connectivity index (χ3n) is 2.18. The lowest BCUT2D eigenvalue weighted by Gasteiger charge is -2.04. The van der Waals surface area contributed by atoms with Gasteiger partial charge >= 0.3 is 0 Å². The normalized spacial score (nSPS) is 9.81. The van der Waals surface area contributed by atoms with Crippen molar-refractivity contribution in [3.05, 3.63) is 35.4 Å². The van der Waals surface area contributed by atoms with Gasteiger partial charge in [-0.2, -0.15) is 0 Å². The molecule has 0 saturated heterocycles. The topological polar surface area (TPSA) is 55.1 Å². The summed E-state index contributed by atoms with van der Waals surface area (Å²) in [5, 5.41) is 2.83. The number of carbonyl (C=O) groups excluding carboxylic acids is 1. The number of hydrogen-bond acceptors (Lipinski definition) is 2. The molecule has 0 aliphatic rings. The summed E-state index contributed by atoms with van der Waals surface area (Å²) in [5.74, 6) is 0.0462. The molecule has 0 spiro atoms. The van der Waals surface area contributed by atoms with Gasteiger partial charge in [0, 0.05) is 12.1 Å². The first-order valence-corrected chi connectivity index (χ1v) is 5.69. The van der Waals surface area contributed by atoms with Crippen molar-refractivity contribution < 1.29 is 4.79 Å². The second kappa shape index (κ2) is 6.23. The molecule has 0 saturated carbocycles. The van der Waals surface area contributed by atoms with Crippen LogP contribution in [-0.2, 0) is 11.2 Å². The maximum atomic E-state index is 11.4. The second-order valence-corrected chi connectivity index (χ2v) is 4.03. The summed E-state index contributed by atoms with van der Waals surface area (Å²) >= 11 is 4.85. The highest BCUT2D eigenvalue weighted by Crippen LogP contribution is 2.05. The van der Waals surface area contributed by atoms with Gasteiger partial charge in [-0.05, 0) is 12.0 Å². The number of thiocarbonyl (C=S) groups is 1. The van der Waals surface area contributed by atoms with Crippen LogP contribution >= 0.6 is 12.2 Å². The van der Waals surface area contributed by atoms with Gasteiger partial charge in [-0.1, -0.05) is 43.4 Å². The number of hydrogen-bond donors (Lipinski definition) is 2. The molecule has 3 nitrogen and oxygen atoms in total. The highest BCUT2D eigenvalue weighted by atomic mass is 32.1. The van der Waals surface area contributed by atoms with Crippen molar-refractivity contribution in [3.8, 4) is 0 Å². The molecule has 1 aromatic rings. The molecule has 0 unspecified atom stereocenters. The van der Waals surface area contributed by atoms with Gasteiger partial charge in [0.25, 0.3) is 0 Å². The summed E-state index contributed by atoms with van der Waals surface area (Å²) < 4.78 is 0. The van der Waals surface area contributed by atoms with Crippen molar-refractivity contribution in [2.24, 2.45) is 5.73 Å². The van der Waals surface area contributed by atoms with Crippen LogP contribution in [0.4, 0.5) is 0 Å². The standard InChI is InChI=1S/C12H16N2OS/c1-2-7-14-11(15)8-9-3-5-10(6-4-9)12(13)16/h3-6H,2,7-8H2,1H3,(H2,13,16)(H,14,15). The van der Waals surface area contributed by atoms with Gasteiger partial charge in [0.15, 0.2) is 0 Å². The molecule has 0 bridgehead atoms. The SMILES string of the molecule is CCCNC(=O)Cc1ccc(C(N)=S)cc1. The Morgan fingerprint density at radius 3 is 2.50 bits per heavy atom. The molecule has 1 amide bonds. The van der Waals surface area contributed by atoms with E-state index >= 15 is 0 Å². The largest absolute Gasteiger partial charge is 0.389 e. The lowest BCUT2D eigenvalue weighted by Crippen LogP contribution is -2.25.